The number of aryl methyl sites for hydroxylation is 1. The van der Waals surface area contributed by atoms with E-state index in [-0.39, 0.29) is 23.3 Å². The van der Waals surface area contributed by atoms with E-state index >= 15 is 0 Å². The average Bonchev–Trinajstić information content (AvgIpc) is 3.31. The lowest BCUT2D eigenvalue weighted by molar-refractivity contribution is -0.137. The van der Waals surface area contributed by atoms with Crippen molar-refractivity contribution in [2.45, 2.75) is 26.3 Å². The van der Waals surface area contributed by atoms with E-state index < -0.39 is 24.3 Å². The van der Waals surface area contributed by atoms with Crippen LogP contribution in [0.2, 0.25) is 0 Å². The highest BCUT2D eigenvalue weighted by Gasteiger charge is 2.31. The van der Waals surface area contributed by atoms with Crippen LogP contribution in [0, 0.1) is 6.92 Å². The van der Waals surface area contributed by atoms with Crippen LogP contribution >= 0.6 is 0 Å². The van der Waals surface area contributed by atoms with Gasteiger partial charge in [-0.3, -0.25) is 9.48 Å². The zero-order valence-corrected chi connectivity index (χ0v) is 16.3. The number of carbonyl (C=O) groups excluding carboxylic acids is 1. The summed E-state index contributed by atoms with van der Waals surface area (Å²) in [6.45, 7) is 1.25. The highest BCUT2D eigenvalue weighted by atomic mass is 19.4. The van der Waals surface area contributed by atoms with Crippen LogP contribution in [0.25, 0.3) is 10.9 Å². The fourth-order valence-electron chi connectivity index (χ4n) is 3.27. The fraction of sp³-hybridized carbons (Fsp3) is 0.182. The summed E-state index contributed by atoms with van der Waals surface area (Å²) in [5.41, 5.74) is 1.14. The topological polar surface area (TPSA) is 60.1 Å². The molecule has 4 rings (SSSR count). The number of anilines is 1. The molecule has 0 unspecified atom stereocenters. The molecule has 31 heavy (non-hydrogen) atoms. The molecule has 5 nitrogen and oxygen atoms in total. The predicted molar refractivity (Wildman–Crippen MR) is 106 cm³/mol. The summed E-state index contributed by atoms with van der Waals surface area (Å²) in [6, 6.07) is 11.4. The van der Waals surface area contributed by atoms with Crippen molar-refractivity contribution in [1.82, 2.24) is 9.78 Å². The molecule has 0 saturated heterocycles. The van der Waals surface area contributed by atoms with Gasteiger partial charge in [0.1, 0.15) is 12.4 Å². The van der Waals surface area contributed by atoms with Crippen molar-refractivity contribution < 1.29 is 26.8 Å². The van der Waals surface area contributed by atoms with Gasteiger partial charge in [-0.25, -0.2) is 4.39 Å². The number of halogens is 4. The maximum absolute atomic E-state index is 13.3. The molecule has 0 fully saturated rings. The summed E-state index contributed by atoms with van der Waals surface area (Å²) in [5, 5.41) is 7.08. The molecular formula is C22H17F4N3O2. The standard InChI is InChI=1S/C22H17F4N3O2/c1-13-17(8-9-31-13)21(30)27-20-18-10-16(22(24,25)26)6-7-19(18)29(28-20)12-15-4-2-14(11-23)3-5-15/h2-10H,11-12H2,1H3,(H,27,28,30). The first-order valence-electron chi connectivity index (χ1n) is 9.33. The minimum atomic E-state index is -4.54. The van der Waals surface area contributed by atoms with Gasteiger partial charge in [-0.05, 0) is 42.3 Å². The third-order valence-corrected chi connectivity index (χ3v) is 4.92. The zero-order valence-electron chi connectivity index (χ0n) is 16.3. The maximum atomic E-state index is 13.3. The normalized spacial score (nSPS) is 11.8. The van der Waals surface area contributed by atoms with Crippen LogP contribution in [-0.4, -0.2) is 15.7 Å². The Morgan fingerprint density at radius 3 is 2.42 bits per heavy atom. The third kappa shape index (κ3) is 4.16. The first-order chi connectivity index (χ1) is 14.8. The van der Waals surface area contributed by atoms with E-state index in [4.69, 9.17) is 4.42 Å². The number of nitrogens with zero attached hydrogens (tertiary/aromatic N) is 2. The Bertz CT molecular complexity index is 1240. The van der Waals surface area contributed by atoms with Crippen molar-refractivity contribution in [3.8, 4) is 0 Å². The lowest BCUT2D eigenvalue weighted by Gasteiger charge is -2.08. The molecule has 1 N–H and O–H groups in total. The summed E-state index contributed by atoms with van der Waals surface area (Å²) in [5.74, 6) is -0.153. The van der Waals surface area contributed by atoms with Crippen molar-refractivity contribution in [2.75, 3.05) is 5.32 Å². The molecule has 160 valence electrons. The van der Waals surface area contributed by atoms with Crippen LogP contribution in [0.4, 0.5) is 23.4 Å². The smallest absolute Gasteiger partial charge is 0.416 e. The van der Waals surface area contributed by atoms with Crippen LogP contribution < -0.4 is 5.32 Å². The average molecular weight is 431 g/mol. The number of rotatable bonds is 5. The van der Waals surface area contributed by atoms with E-state index in [0.717, 1.165) is 17.7 Å². The number of benzene rings is 2. The van der Waals surface area contributed by atoms with Gasteiger partial charge in [0.15, 0.2) is 5.82 Å². The molecule has 0 radical (unpaired) electrons. The van der Waals surface area contributed by atoms with Crippen LogP contribution in [-0.2, 0) is 19.4 Å². The predicted octanol–water partition coefficient (Wildman–Crippen LogP) is 5.73. The maximum Gasteiger partial charge on any atom is 0.416 e. The number of amides is 1. The fourth-order valence-corrected chi connectivity index (χ4v) is 3.27. The van der Waals surface area contributed by atoms with Gasteiger partial charge in [0, 0.05) is 5.39 Å². The van der Waals surface area contributed by atoms with Crippen LogP contribution in [0.1, 0.15) is 32.8 Å². The Labute approximate surface area is 174 Å². The molecule has 2 aromatic carbocycles. The highest BCUT2D eigenvalue weighted by molar-refractivity contribution is 6.08. The molecular weight excluding hydrogens is 414 g/mol. The third-order valence-electron chi connectivity index (χ3n) is 4.92. The quantitative estimate of drug-likeness (QED) is 0.411. The molecule has 9 heteroatoms. The lowest BCUT2D eigenvalue weighted by Crippen LogP contribution is -2.13. The van der Waals surface area contributed by atoms with Gasteiger partial charge >= 0.3 is 6.18 Å². The zero-order chi connectivity index (χ0) is 22.2. The van der Waals surface area contributed by atoms with Gasteiger partial charge in [0.05, 0.1) is 29.5 Å². The number of hydrogen-bond acceptors (Lipinski definition) is 3. The molecule has 4 aromatic rings. The van der Waals surface area contributed by atoms with Crippen molar-refractivity contribution in [1.29, 1.82) is 0 Å². The molecule has 0 aliphatic rings. The van der Waals surface area contributed by atoms with E-state index in [1.54, 1.807) is 31.2 Å². The number of hydrogen-bond donors (Lipinski definition) is 1. The first-order valence-corrected chi connectivity index (χ1v) is 9.33. The summed E-state index contributed by atoms with van der Waals surface area (Å²) in [6.07, 6.45) is -3.19. The highest BCUT2D eigenvalue weighted by Crippen LogP contribution is 2.34. The Morgan fingerprint density at radius 2 is 1.81 bits per heavy atom. The van der Waals surface area contributed by atoms with Crippen LogP contribution in [0.3, 0.4) is 0 Å². The van der Waals surface area contributed by atoms with Crippen LogP contribution in [0.15, 0.2) is 59.2 Å². The Kier molecular flexibility index (Phi) is 5.26. The lowest BCUT2D eigenvalue weighted by atomic mass is 10.1. The van der Waals surface area contributed by atoms with Gasteiger partial charge in [-0.15, -0.1) is 0 Å². The largest absolute Gasteiger partial charge is 0.469 e. The minimum absolute atomic E-state index is 0.00655. The van der Waals surface area contributed by atoms with E-state index in [9.17, 15) is 22.4 Å². The summed E-state index contributed by atoms with van der Waals surface area (Å²) in [7, 11) is 0. The second-order valence-electron chi connectivity index (χ2n) is 7.03. The minimum Gasteiger partial charge on any atom is -0.469 e. The van der Waals surface area contributed by atoms with Gasteiger partial charge in [-0.1, -0.05) is 24.3 Å². The number of furan rings is 1. The van der Waals surface area contributed by atoms with Crippen molar-refractivity contribution >= 4 is 22.6 Å². The Morgan fingerprint density at radius 1 is 1.10 bits per heavy atom. The van der Waals surface area contributed by atoms with Crippen molar-refractivity contribution in [3.05, 3.63) is 82.8 Å². The summed E-state index contributed by atoms with van der Waals surface area (Å²) >= 11 is 0. The number of aromatic nitrogens is 2. The van der Waals surface area contributed by atoms with Gasteiger partial charge in [0.2, 0.25) is 0 Å². The SMILES string of the molecule is Cc1occc1C(=O)Nc1nn(Cc2ccc(CF)cc2)c2ccc(C(F)(F)F)cc12. The van der Waals surface area contributed by atoms with E-state index in [1.165, 1.54) is 23.1 Å². The number of carbonyl (C=O) groups is 1. The molecule has 0 bridgehead atoms. The first kappa shape index (κ1) is 20.6. The molecule has 0 aliphatic heterocycles. The Balaban J connectivity index is 1.75. The number of nitrogens with one attached hydrogen (secondary N) is 1. The van der Waals surface area contributed by atoms with Crippen LogP contribution in [0.5, 0.6) is 0 Å². The summed E-state index contributed by atoms with van der Waals surface area (Å²) < 4.78 is 59.1. The Hall–Kier alpha value is -3.62. The molecule has 0 saturated carbocycles. The monoisotopic (exact) mass is 431 g/mol. The van der Waals surface area contributed by atoms with Crippen molar-refractivity contribution in [3.63, 3.8) is 0 Å². The van der Waals surface area contributed by atoms with E-state index in [1.807, 2.05) is 0 Å². The van der Waals surface area contributed by atoms with Gasteiger partial charge < -0.3 is 9.73 Å². The summed E-state index contributed by atoms with van der Waals surface area (Å²) in [4.78, 5) is 12.6. The number of fused-ring (bicyclic) bond motifs is 1. The molecule has 0 spiro atoms. The molecule has 2 heterocycles. The van der Waals surface area contributed by atoms with Crippen molar-refractivity contribution in [2.24, 2.45) is 0 Å². The molecule has 0 atom stereocenters. The van der Waals surface area contributed by atoms with E-state index in [2.05, 4.69) is 10.4 Å². The van der Waals surface area contributed by atoms with Gasteiger partial charge in [0.25, 0.3) is 5.91 Å². The van der Waals surface area contributed by atoms with Gasteiger partial charge in [-0.2, -0.15) is 18.3 Å². The molecule has 1 amide bonds. The molecule has 2 aromatic heterocycles. The second kappa shape index (κ2) is 7.90. The number of alkyl halides is 4. The van der Waals surface area contributed by atoms with E-state index in [0.29, 0.717) is 16.8 Å². The molecule has 0 aliphatic carbocycles. The second-order valence-corrected chi connectivity index (χ2v) is 7.03.